The summed E-state index contributed by atoms with van der Waals surface area (Å²) in [6.45, 7) is 1.85. The number of carbonyl (C=O) groups is 2. The molecule has 3 aromatic rings. The normalized spacial score (nSPS) is 13.1. The van der Waals surface area contributed by atoms with Gasteiger partial charge in [0, 0.05) is 17.2 Å². The number of carbonyl (C=O) groups excluding carboxylic acids is 2. The zero-order valence-corrected chi connectivity index (χ0v) is 11.7. The van der Waals surface area contributed by atoms with E-state index in [1.165, 1.54) is 0 Å². The lowest BCUT2D eigenvalue weighted by atomic mass is 9.89. The van der Waals surface area contributed by atoms with Crippen molar-refractivity contribution in [2.75, 3.05) is 0 Å². The van der Waals surface area contributed by atoms with Crippen molar-refractivity contribution >= 4 is 22.6 Å². The quantitative estimate of drug-likeness (QED) is 0.366. The van der Waals surface area contributed by atoms with Crippen molar-refractivity contribution in [1.29, 1.82) is 0 Å². The molecule has 0 unspecified atom stereocenters. The monoisotopic (exact) mass is 290 g/mol. The Balaban J connectivity index is 2.12. The maximum atomic E-state index is 12.6. The molecule has 1 aromatic heterocycles. The number of rotatable bonds is 0. The number of fused-ring (bicyclic) bond motifs is 3. The molecule has 0 bridgehead atoms. The Kier molecular flexibility index (Phi) is 2.42. The second kappa shape index (κ2) is 4.21. The second-order valence-corrected chi connectivity index (χ2v) is 5.30. The fraction of sp³-hybridized carbons (Fsp3) is 0.0588. The van der Waals surface area contributed by atoms with Crippen LogP contribution in [-0.2, 0) is 0 Å². The second-order valence-electron chi connectivity index (χ2n) is 5.30. The van der Waals surface area contributed by atoms with Crippen molar-refractivity contribution in [3.8, 4) is 0 Å². The number of hydrogen-bond donors (Lipinski definition) is 0. The Morgan fingerprint density at radius 2 is 1.68 bits per heavy atom. The number of benzene rings is 2. The molecule has 0 N–H and O–H groups in total. The van der Waals surface area contributed by atoms with Crippen molar-refractivity contribution in [2.45, 2.75) is 6.92 Å². The van der Waals surface area contributed by atoms with Gasteiger partial charge in [-0.2, -0.15) is 4.73 Å². The summed E-state index contributed by atoms with van der Waals surface area (Å²) in [5, 5.41) is 12.6. The van der Waals surface area contributed by atoms with Gasteiger partial charge in [0.2, 0.25) is 11.3 Å². The first kappa shape index (κ1) is 12.6. The van der Waals surface area contributed by atoms with Gasteiger partial charge in [-0.3, -0.25) is 9.59 Å². The van der Waals surface area contributed by atoms with Gasteiger partial charge < -0.3 is 5.21 Å². The van der Waals surface area contributed by atoms with E-state index >= 15 is 0 Å². The van der Waals surface area contributed by atoms with Crippen LogP contribution in [-0.4, -0.2) is 16.6 Å². The maximum absolute atomic E-state index is 12.6. The van der Waals surface area contributed by atoms with Crippen LogP contribution in [0.15, 0.2) is 42.5 Å². The molecule has 2 aromatic carbocycles. The summed E-state index contributed by atoms with van der Waals surface area (Å²) < 4.78 is 0.529. The molecule has 1 aliphatic carbocycles. The molecule has 4 rings (SSSR count). The molecule has 0 saturated carbocycles. The molecule has 1 aliphatic rings. The van der Waals surface area contributed by atoms with E-state index in [9.17, 15) is 14.8 Å². The van der Waals surface area contributed by atoms with Gasteiger partial charge in [-0.1, -0.05) is 30.3 Å². The maximum Gasteiger partial charge on any atom is 0.295 e. The van der Waals surface area contributed by atoms with E-state index in [1.807, 2.05) is 13.0 Å². The van der Waals surface area contributed by atoms with Crippen molar-refractivity contribution in [2.24, 2.45) is 0 Å². The third-order valence-electron chi connectivity index (χ3n) is 3.86. The zero-order valence-electron chi connectivity index (χ0n) is 11.7. The number of aromatic nitrogens is 2. The van der Waals surface area contributed by atoms with E-state index in [0.29, 0.717) is 21.3 Å². The summed E-state index contributed by atoms with van der Waals surface area (Å²) >= 11 is 0. The minimum absolute atomic E-state index is 0.0740. The standard InChI is InChI=1S/C17H10N2O3/c1-9-6-7-12-13(8-9)19(22)15-14(18-12)16(20)10-4-2-3-5-11(10)17(15)21/h2-8H,1H3. The van der Waals surface area contributed by atoms with Crippen molar-refractivity contribution in [1.82, 2.24) is 4.98 Å². The lowest BCUT2D eigenvalue weighted by Crippen LogP contribution is -2.41. The van der Waals surface area contributed by atoms with Crippen LogP contribution in [0.1, 0.15) is 37.7 Å². The number of ketones is 2. The molecule has 5 nitrogen and oxygen atoms in total. The molecular weight excluding hydrogens is 280 g/mol. The lowest BCUT2D eigenvalue weighted by Gasteiger charge is -2.16. The lowest BCUT2D eigenvalue weighted by molar-refractivity contribution is -0.579. The first-order valence-electron chi connectivity index (χ1n) is 6.80. The van der Waals surface area contributed by atoms with Crippen molar-refractivity contribution in [3.63, 3.8) is 0 Å². The number of hydrogen-bond acceptors (Lipinski definition) is 4. The Bertz CT molecular complexity index is 993. The molecule has 0 amide bonds. The Morgan fingerprint density at radius 1 is 1.00 bits per heavy atom. The largest absolute Gasteiger partial charge is 0.618 e. The molecule has 0 radical (unpaired) electrons. The summed E-state index contributed by atoms with van der Waals surface area (Å²) in [5.74, 6) is -0.853. The fourth-order valence-corrected chi connectivity index (χ4v) is 2.77. The van der Waals surface area contributed by atoms with Gasteiger partial charge >= 0.3 is 0 Å². The van der Waals surface area contributed by atoms with Gasteiger partial charge in [0.1, 0.15) is 5.52 Å². The number of aryl methyl sites for hydroxylation is 1. The third-order valence-corrected chi connectivity index (χ3v) is 3.86. The Hall–Kier alpha value is -3.08. The molecule has 0 aliphatic heterocycles. The van der Waals surface area contributed by atoms with Crippen LogP contribution >= 0.6 is 0 Å². The van der Waals surface area contributed by atoms with Crippen LogP contribution in [0.2, 0.25) is 0 Å². The van der Waals surface area contributed by atoms with E-state index < -0.39 is 11.6 Å². The van der Waals surface area contributed by atoms with Crippen molar-refractivity contribution < 1.29 is 14.3 Å². The highest BCUT2D eigenvalue weighted by Gasteiger charge is 2.38. The van der Waals surface area contributed by atoms with Gasteiger partial charge in [-0.15, -0.1) is 0 Å². The minimum atomic E-state index is -0.462. The molecule has 106 valence electrons. The molecule has 0 spiro atoms. The highest BCUT2D eigenvalue weighted by Crippen LogP contribution is 2.25. The molecule has 0 fully saturated rings. The predicted molar refractivity (Wildman–Crippen MR) is 78.7 cm³/mol. The van der Waals surface area contributed by atoms with Crippen LogP contribution in [0.4, 0.5) is 0 Å². The van der Waals surface area contributed by atoms with Gasteiger partial charge in [-0.25, -0.2) is 4.98 Å². The Morgan fingerprint density at radius 3 is 2.41 bits per heavy atom. The smallest absolute Gasteiger partial charge is 0.295 e. The van der Waals surface area contributed by atoms with Gasteiger partial charge in [-0.05, 0) is 18.6 Å². The highest BCUT2D eigenvalue weighted by atomic mass is 16.5. The minimum Gasteiger partial charge on any atom is -0.618 e. The first-order valence-corrected chi connectivity index (χ1v) is 6.80. The van der Waals surface area contributed by atoms with Crippen molar-refractivity contribution in [3.05, 3.63) is 75.8 Å². The van der Waals surface area contributed by atoms with E-state index in [2.05, 4.69) is 4.98 Å². The van der Waals surface area contributed by atoms with E-state index in [-0.39, 0.29) is 17.0 Å². The third kappa shape index (κ3) is 1.53. The van der Waals surface area contributed by atoms with Crippen LogP contribution in [0.5, 0.6) is 0 Å². The van der Waals surface area contributed by atoms with Crippen LogP contribution in [0, 0.1) is 12.1 Å². The Labute approximate surface area is 125 Å². The zero-order chi connectivity index (χ0) is 15.4. The average molecular weight is 290 g/mol. The SMILES string of the molecule is Cc1ccc2nc3c([n+]([O-])c2c1)C(=O)c1ccccc1C3=O. The number of nitrogens with zero attached hydrogens (tertiary/aromatic N) is 2. The average Bonchev–Trinajstić information content (AvgIpc) is 2.53. The fourth-order valence-electron chi connectivity index (χ4n) is 2.77. The topological polar surface area (TPSA) is 74.0 Å². The molecule has 1 heterocycles. The molecule has 0 saturated heterocycles. The summed E-state index contributed by atoms with van der Waals surface area (Å²) in [4.78, 5) is 29.4. The van der Waals surface area contributed by atoms with Gasteiger partial charge in [0.25, 0.3) is 11.5 Å². The first-order chi connectivity index (χ1) is 10.6. The molecular formula is C17H10N2O3. The van der Waals surface area contributed by atoms with Crippen LogP contribution < -0.4 is 4.73 Å². The molecule has 22 heavy (non-hydrogen) atoms. The van der Waals surface area contributed by atoms with Crippen LogP contribution in [0.25, 0.3) is 11.0 Å². The predicted octanol–water partition coefficient (Wildman–Crippen LogP) is 1.95. The van der Waals surface area contributed by atoms with E-state index in [1.54, 1.807) is 36.4 Å². The van der Waals surface area contributed by atoms with Gasteiger partial charge in [0.05, 0.1) is 0 Å². The summed E-state index contributed by atoms with van der Waals surface area (Å²) in [7, 11) is 0. The highest BCUT2D eigenvalue weighted by molar-refractivity contribution is 6.26. The summed E-state index contributed by atoms with van der Waals surface area (Å²) in [6, 6.07) is 11.6. The summed E-state index contributed by atoms with van der Waals surface area (Å²) in [5.41, 5.74) is 1.85. The molecule has 5 heteroatoms. The molecule has 0 atom stereocenters. The van der Waals surface area contributed by atoms with Crippen LogP contribution in [0.3, 0.4) is 0 Å². The summed E-state index contributed by atoms with van der Waals surface area (Å²) in [6.07, 6.45) is 0. The van der Waals surface area contributed by atoms with E-state index in [0.717, 1.165) is 5.56 Å². The van der Waals surface area contributed by atoms with Gasteiger partial charge in [0.15, 0.2) is 5.69 Å². The van der Waals surface area contributed by atoms with E-state index in [4.69, 9.17) is 0 Å².